The number of amidine groups is 1. The highest BCUT2D eigenvalue weighted by Gasteiger charge is 2.48. The number of likely N-dealkylation sites (tertiary alicyclic amines) is 1. The third-order valence-electron chi connectivity index (χ3n) is 7.06. The largest absolute Gasteiger partial charge is 0.351 e. The van der Waals surface area contributed by atoms with Gasteiger partial charge >= 0.3 is 0 Å². The maximum atomic E-state index is 14.5. The Bertz CT molecular complexity index is 1440. The van der Waals surface area contributed by atoms with Gasteiger partial charge in [-0.05, 0) is 36.8 Å². The van der Waals surface area contributed by atoms with Crippen molar-refractivity contribution in [3.05, 3.63) is 88.7 Å². The van der Waals surface area contributed by atoms with Crippen molar-refractivity contribution < 1.29 is 27.6 Å². The fraction of sp³-hybridized carbons (Fsp3) is 0.333. The predicted molar refractivity (Wildman–Crippen MR) is 156 cm³/mol. The van der Waals surface area contributed by atoms with Crippen LogP contribution >= 0.6 is 23.2 Å². The highest BCUT2D eigenvalue weighted by atomic mass is 35.5. The summed E-state index contributed by atoms with van der Waals surface area (Å²) < 4.78 is 41.8. The molecule has 12 heteroatoms. The minimum atomic E-state index is -2.91. The van der Waals surface area contributed by atoms with Crippen molar-refractivity contribution in [3.63, 3.8) is 0 Å². The number of allylic oxidation sites excluding steroid dienone is 2. The first-order chi connectivity index (χ1) is 20.0. The van der Waals surface area contributed by atoms with Gasteiger partial charge in [0.05, 0.1) is 0 Å². The zero-order valence-electron chi connectivity index (χ0n) is 22.7. The highest BCUT2D eigenvalue weighted by Crippen LogP contribution is 2.39. The molecule has 2 aliphatic rings. The van der Waals surface area contributed by atoms with Crippen LogP contribution in [0.15, 0.2) is 77.3 Å². The Morgan fingerprint density at radius 1 is 1.24 bits per heavy atom. The molecule has 0 radical (unpaired) electrons. The second-order valence-corrected chi connectivity index (χ2v) is 11.0. The van der Waals surface area contributed by atoms with E-state index >= 15 is 0 Å². The summed E-state index contributed by atoms with van der Waals surface area (Å²) in [5, 5.41) is 3.04. The molecule has 2 aromatic rings. The van der Waals surface area contributed by atoms with Gasteiger partial charge in [-0.25, -0.2) is 13.2 Å². The minimum absolute atomic E-state index is 0.000548. The van der Waals surface area contributed by atoms with Gasteiger partial charge in [0, 0.05) is 60.1 Å². The maximum absolute atomic E-state index is 14.5. The van der Waals surface area contributed by atoms with Crippen LogP contribution in [0, 0.1) is 5.82 Å². The molecule has 1 saturated carbocycles. The molecule has 3 amide bonds. The fourth-order valence-electron chi connectivity index (χ4n) is 5.11. The summed E-state index contributed by atoms with van der Waals surface area (Å²) in [6, 6.07) is 7.86. The number of halogens is 5. The van der Waals surface area contributed by atoms with Crippen molar-refractivity contribution in [1.82, 2.24) is 10.2 Å². The number of carbonyl (C=O) groups is 3. The molecule has 0 aromatic heterocycles. The zero-order chi connectivity index (χ0) is 30.6. The number of nitrogens with zero attached hydrogens (tertiary/aromatic N) is 3. The number of aliphatic imine (C=N–C) groups is 1. The van der Waals surface area contributed by atoms with Gasteiger partial charge in [-0.1, -0.05) is 53.5 Å². The average molecular weight is 621 g/mol. The number of hydrogen-bond donors (Lipinski definition) is 1. The van der Waals surface area contributed by atoms with Crippen LogP contribution in [0.4, 0.5) is 18.9 Å². The standard InChI is InChI=1S/C30H29Cl2F3N4O3/c1-3-7-18(31)14-25(36-2)39-24(12-13-26(39)40)29(42)38(21-9-6-8-19(33)15-21)27(22-10-4-5-11-23(22)32)28(41)37-20-16-30(34,35)17-20/h3-6,8-11,14-15,20,24,27H,1,7,12-13,16-17H2,2H3,(H,37,41)/b18-14+,36-25?/t24-,27-/m0/s1. The van der Waals surface area contributed by atoms with E-state index < -0.39 is 60.4 Å². The molecule has 0 spiro atoms. The number of anilines is 1. The van der Waals surface area contributed by atoms with Gasteiger partial charge in [0.25, 0.3) is 11.8 Å². The van der Waals surface area contributed by atoms with Crippen molar-refractivity contribution in [2.75, 3.05) is 11.9 Å². The SMILES string of the molecule is C=CC/C(Cl)=C\C(=NC)N1C(=O)CC[C@H]1C(=O)N(c1cccc(F)c1)[C@H](C(=O)NC1CC(F)(F)C1)c1ccccc1Cl. The summed E-state index contributed by atoms with van der Waals surface area (Å²) in [5.74, 6) is -5.37. The van der Waals surface area contributed by atoms with Gasteiger partial charge in [0.15, 0.2) is 0 Å². The molecule has 7 nitrogen and oxygen atoms in total. The van der Waals surface area contributed by atoms with E-state index in [9.17, 15) is 27.6 Å². The number of alkyl halides is 2. The lowest BCUT2D eigenvalue weighted by molar-refractivity contribution is -0.134. The Morgan fingerprint density at radius 3 is 2.57 bits per heavy atom. The molecular weight excluding hydrogens is 592 g/mol. The second kappa shape index (κ2) is 13.1. The van der Waals surface area contributed by atoms with Crippen molar-refractivity contribution in [1.29, 1.82) is 0 Å². The number of hydrogen-bond acceptors (Lipinski definition) is 4. The maximum Gasteiger partial charge on any atom is 0.252 e. The molecule has 0 bridgehead atoms. The smallest absolute Gasteiger partial charge is 0.252 e. The van der Waals surface area contributed by atoms with E-state index in [4.69, 9.17) is 23.2 Å². The van der Waals surface area contributed by atoms with Crippen molar-refractivity contribution in [2.24, 2.45) is 4.99 Å². The van der Waals surface area contributed by atoms with Gasteiger partial charge in [-0.15, -0.1) is 6.58 Å². The monoisotopic (exact) mass is 620 g/mol. The van der Waals surface area contributed by atoms with Crippen molar-refractivity contribution in [2.45, 2.75) is 56.2 Å². The number of carbonyl (C=O) groups excluding carboxylic acids is 3. The number of rotatable bonds is 9. The molecule has 2 atom stereocenters. The quantitative estimate of drug-likeness (QED) is 0.206. The molecule has 0 unspecified atom stereocenters. The Hall–Kier alpha value is -3.63. The van der Waals surface area contributed by atoms with Crippen LogP contribution in [0.25, 0.3) is 0 Å². The number of nitrogens with one attached hydrogen (secondary N) is 1. The summed E-state index contributed by atoms with van der Waals surface area (Å²) in [7, 11) is 1.44. The molecule has 1 aliphatic heterocycles. The Labute approximate surface area is 251 Å². The van der Waals surface area contributed by atoms with E-state index in [1.165, 1.54) is 48.4 Å². The fourth-order valence-corrected chi connectivity index (χ4v) is 5.56. The molecule has 1 heterocycles. The molecule has 2 aromatic carbocycles. The van der Waals surface area contributed by atoms with Crippen LogP contribution in [0.3, 0.4) is 0 Å². The molecule has 2 fully saturated rings. The molecular formula is C30H29Cl2F3N4O3. The number of amides is 3. The summed E-state index contributed by atoms with van der Waals surface area (Å²) in [6.45, 7) is 3.64. The van der Waals surface area contributed by atoms with E-state index in [0.29, 0.717) is 11.5 Å². The van der Waals surface area contributed by atoms with E-state index in [1.807, 2.05) is 0 Å². The van der Waals surface area contributed by atoms with Crippen molar-refractivity contribution >= 4 is 52.4 Å². The summed E-state index contributed by atoms with van der Waals surface area (Å²) in [5.41, 5.74) is 0.197. The van der Waals surface area contributed by atoms with Crippen molar-refractivity contribution in [3.8, 4) is 0 Å². The third kappa shape index (κ3) is 6.87. The van der Waals surface area contributed by atoms with Gasteiger partial charge in [0.2, 0.25) is 11.8 Å². The lowest BCUT2D eigenvalue weighted by Crippen LogP contribution is -2.56. The Morgan fingerprint density at radius 2 is 1.95 bits per heavy atom. The first kappa shape index (κ1) is 31.3. The molecule has 42 heavy (non-hydrogen) atoms. The van der Waals surface area contributed by atoms with E-state index in [0.717, 1.165) is 11.0 Å². The predicted octanol–water partition coefficient (Wildman–Crippen LogP) is 6.19. The van der Waals surface area contributed by atoms with Crippen LogP contribution in [0.2, 0.25) is 5.02 Å². The van der Waals surface area contributed by atoms with E-state index in [-0.39, 0.29) is 35.0 Å². The average Bonchev–Trinajstić information content (AvgIpc) is 3.30. The molecule has 1 N–H and O–H groups in total. The van der Waals surface area contributed by atoms with Crippen LogP contribution in [0.5, 0.6) is 0 Å². The van der Waals surface area contributed by atoms with Gasteiger partial charge in [-0.2, -0.15) is 0 Å². The van der Waals surface area contributed by atoms with Crippen LogP contribution in [0.1, 0.15) is 43.7 Å². The van der Waals surface area contributed by atoms with Gasteiger partial charge in [-0.3, -0.25) is 29.2 Å². The van der Waals surface area contributed by atoms with Gasteiger partial charge in [0.1, 0.15) is 23.7 Å². The second-order valence-electron chi connectivity index (χ2n) is 10.1. The normalized spacial score (nSPS) is 19.7. The van der Waals surface area contributed by atoms with E-state index in [1.54, 1.807) is 18.2 Å². The molecule has 222 valence electrons. The Balaban J connectivity index is 1.82. The summed E-state index contributed by atoms with van der Waals surface area (Å²) in [4.78, 5) is 47.8. The topological polar surface area (TPSA) is 82.1 Å². The zero-order valence-corrected chi connectivity index (χ0v) is 24.2. The molecule has 1 aliphatic carbocycles. The number of benzene rings is 2. The van der Waals surface area contributed by atoms with Crippen LogP contribution in [-0.4, -0.2) is 53.5 Å². The summed E-state index contributed by atoms with van der Waals surface area (Å²) >= 11 is 12.8. The van der Waals surface area contributed by atoms with Crippen LogP contribution in [-0.2, 0) is 14.4 Å². The molecule has 1 saturated heterocycles. The Kier molecular flexibility index (Phi) is 9.78. The first-order valence-corrected chi connectivity index (χ1v) is 14.0. The third-order valence-corrected chi connectivity index (χ3v) is 7.67. The van der Waals surface area contributed by atoms with E-state index in [2.05, 4.69) is 16.9 Å². The van der Waals surface area contributed by atoms with Crippen LogP contribution < -0.4 is 10.2 Å². The highest BCUT2D eigenvalue weighted by molar-refractivity contribution is 6.32. The lowest BCUT2D eigenvalue weighted by Gasteiger charge is -2.39. The minimum Gasteiger partial charge on any atom is -0.351 e. The first-order valence-electron chi connectivity index (χ1n) is 13.2. The summed E-state index contributed by atoms with van der Waals surface area (Å²) in [6.07, 6.45) is 2.28. The lowest BCUT2D eigenvalue weighted by atomic mass is 9.87. The molecule has 4 rings (SSSR count). The van der Waals surface area contributed by atoms with Gasteiger partial charge < -0.3 is 5.32 Å².